The van der Waals surface area contributed by atoms with E-state index in [-0.39, 0.29) is 11.7 Å². The third-order valence-electron chi connectivity index (χ3n) is 3.46. The Morgan fingerprint density at radius 1 is 1.08 bits per heavy atom. The van der Waals surface area contributed by atoms with Crippen LogP contribution in [-0.4, -0.2) is 10.9 Å². The van der Waals surface area contributed by atoms with Gasteiger partial charge in [-0.15, -0.1) is 11.3 Å². The van der Waals surface area contributed by atoms with Crippen LogP contribution in [0, 0.1) is 0 Å². The summed E-state index contributed by atoms with van der Waals surface area (Å²) in [6, 6.07) is 19.0. The van der Waals surface area contributed by atoms with Crippen molar-refractivity contribution in [3.63, 3.8) is 0 Å². The highest BCUT2D eigenvalue weighted by Gasteiger charge is 2.12. The summed E-state index contributed by atoms with van der Waals surface area (Å²) in [5, 5.41) is 3.76. The van der Waals surface area contributed by atoms with Gasteiger partial charge in [0.2, 0.25) is 0 Å². The Morgan fingerprint density at radius 2 is 1.96 bits per heavy atom. The van der Waals surface area contributed by atoms with Gasteiger partial charge in [0.15, 0.2) is 10.4 Å². The van der Waals surface area contributed by atoms with Crippen LogP contribution in [0.1, 0.15) is 10.6 Å². The fourth-order valence-corrected chi connectivity index (χ4v) is 3.62. The molecule has 2 aromatic carbocycles. The number of thiazole rings is 1. The van der Waals surface area contributed by atoms with Gasteiger partial charge < -0.3 is 9.73 Å². The van der Waals surface area contributed by atoms with Crippen molar-refractivity contribution < 1.29 is 9.21 Å². The van der Waals surface area contributed by atoms with Crippen LogP contribution in [-0.2, 0) is 0 Å². The van der Waals surface area contributed by atoms with E-state index >= 15 is 0 Å². The van der Waals surface area contributed by atoms with Gasteiger partial charge in [-0.05, 0) is 52.3 Å². The van der Waals surface area contributed by atoms with E-state index < -0.39 is 0 Å². The van der Waals surface area contributed by atoms with E-state index in [0.29, 0.717) is 10.4 Å². The Morgan fingerprint density at radius 3 is 2.75 bits per heavy atom. The van der Waals surface area contributed by atoms with Crippen LogP contribution in [0.15, 0.2) is 69.8 Å². The number of anilines is 1. The lowest BCUT2D eigenvalue weighted by Crippen LogP contribution is -2.10. The monoisotopic (exact) mass is 398 g/mol. The van der Waals surface area contributed by atoms with Crippen molar-refractivity contribution in [3.05, 3.63) is 71.1 Å². The molecule has 1 N–H and O–H groups in total. The van der Waals surface area contributed by atoms with Gasteiger partial charge >= 0.3 is 0 Å². The Kier molecular flexibility index (Phi) is 3.92. The maximum Gasteiger partial charge on any atom is 0.291 e. The molecule has 4 rings (SSSR count). The number of carbonyl (C=O) groups excluding carboxylic acids is 1. The van der Waals surface area contributed by atoms with Crippen molar-refractivity contribution in [2.75, 3.05) is 5.32 Å². The van der Waals surface area contributed by atoms with Gasteiger partial charge in [-0.1, -0.05) is 24.3 Å². The molecule has 24 heavy (non-hydrogen) atoms. The molecule has 118 valence electrons. The lowest BCUT2D eigenvalue weighted by Gasteiger charge is -2.04. The summed E-state index contributed by atoms with van der Waals surface area (Å²) in [5.74, 6) is -0.0329. The van der Waals surface area contributed by atoms with Crippen molar-refractivity contribution in [1.82, 2.24) is 4.98 Å². The molecule has 1 amide bonds. The van der Waals surface area contributed by atoms with Crippen LogP contribution in [0.5, 0.6) is 0 Å². The van der Waals surface area contributed by atoms with E-state index in [9.17, 15) is 4.79 Å². The number of aromatic nitrogens is 1. The number of hydrogen-bond acceptors (Lipinski definition) is 4. The van der Waals surface area contributed by atoms with Crippen LogP contribution in [0.2, 0.25) is 0 Å². The van der Waals surface area contributed by atoms with E-state index in [4.69, 9.17) is 4.42 Å². The Labute approximate surface area is 150 Å². The maximum absolute atomic E-state index is 12.2. The molecule has 0 unspecified atom stereocenters. The number of amides is 1. The molecule has 0 aliphatic heterocycles. The zero-order chi connectivity index (χ0) is 16.5. The first-order chi connectivity index (χ1) is 11.7. The van der Waals surface area contributed by atoms with E-state index in [1.807, 2.05) is 42.5 Å². The number of rotatable bonds is 3. The lowest BCUT2D eigenvalue weighted by molar-refractivity contribution is 0.0995. The molecule has 0 fully saturated rings. The van der Waals surface area contributed by atoms with Crippen molar-refractivity contribution in [1.29, 1.82) is 0 Å². The summed E-state index contributed by atoms with van der Waals surface area (Å²) in [6.07, 6.45) is 0. The van der Waals surface area contributed by atoms with Crippen LogP contribution in [0.25, 0.3) is 20.8 Å². The summed E-state index contributed by atoms with van der Waals surface area (Å²) in [5.41, 5.74) is 2.64. The quantitative estimate of drug-likeness (QED) is 0.490. The topological polar surface area (TPSA) is 55.1 Å². The standard InChI is InChI=1S/C18H11BrN2O2S/c19-16-9-8-14(23-16)17(22)20-12-5-3-4-11(10-12)18-21-13-6-1-2-7-15(13)24-18/h1-10H,(H,20,22). The van der Waals surface area contributed by atoms with Gasteiger partial charge in [0.25, 0.3) is 5.91 Å². The highest BCUT2D eigenvalue weighted by atomic mass is 79.9. The second kappa shape index (κ2) is 6.22. The maximum atomic E-state index is 12.2. The fourth-order valence-electron chi connectivity index (χ4n) is 2.35. The van der Waals surface area contributed by atoms with E-state index in [0.717, 1.165) is 20.8 Å². The zero-order valence-corrected chi connectivity index (χ0v) is 14.7. The summed E-state index contributed by atoms with van der Waals surface area (Å²) < 4.78 is 6.93. The molecule has 0 spiro atoms. The number of nitrogens with one attached hydrogen (secondary N) is 1. The Hall–Kier alpha value is -2.44. The molecular weight excluding hydrogens is 388 g/mol. The second-order valence-corrected chi connectivity index (χ2v) is 6.94. The van der Waals surface area contributed by atoms with Crippen LogP contribution in [0.4, 0.5) is 5.69 Å². The molecule has 4 aromatic rings. The first-order valence-electron chi connectivity index (χ1n) is 7.22. The number of carbonyl (C=O) groups is 1. The SMILES string of the molecule is O=C(Nc1cccc(-c2nc3ccccc3s2)c1)c1ccc(Br)o1. The molecule has 0 bridgehead atoms. The predicted octanol–water partition coefficient (Wildman–Crippen LogP) is 5.57. The summed E-state index contributed by atoms with van der Waals surface area (Å²) in [6.45, 7) is 0. The number of benzene rings is 2. The number of fused-ring (bicyclic) bond motifs is 1. The second-order valence-electron chi connectivity index (χ2n) is 5.13. The molecule has 0 aliphatic carbocycles. The molecule has 2 heterocycles. The third-order valence-corrected chi connectivity index (χ3v) is 4.97. The highest BCUT2D eigenvalue weighted by molar-refractivity contribution is 9.10. The van der Waals surface area contributed by atoms with E-state index in [1.165, 1.54) is 0 Å². The Bertz CT molecular complexity index is 1010. The predicted molar refractivity (Wildman–Crippen MR) is 99.4 cm³/mol. The third kappa shape index (κ3) is 2.98. The molecule has 6 heteroatoms. The van der Waals surface area contributed by atoms with Gasteiger partial charge in [-0.25, -0.2) is 4.98 Å². The number of halogens is 1. The molecule has 4 nitrogen and oxygen atoms in total. The molecule has 0 saturated carbocycles. The minimum atomic E-state index is -0.290. The zero-order valence-electron chi connectivity index (χ0n) is 12.3. The summed E-state index contributed by atoms with van der Waals surface area (Å²) in [7, 11) is 0. The van der Waals surface area contributed by atoms with Crippen LogP contribution >= 0.6 is 27.3 Å². The van der Waals surface area contributed by atoms with Crippen molar-refractivity contribution >= 4 is 49.1 Å². The largest absolute Gasteiger partial charge is 0.444 e. The van der Waals surface area contributed by atoms with Crippen molar-refractivity contribution in [3.8, 4) is 10.6 Å². The van der Waals surface area contributed by atoms with Crippen molar-refractivity contribution in [2.45, 2.75) is 0 Å². The van der Waals surface area contributed by atoms with Gasteiger partial charge in [0.05, 0.1) is 10.2 Å². The number of furan rings is 1. The first-order valence-corrected chi connectivity index (χ1v) is 8.83. The van der Waals surface area contributed by atoms with E-state index in [2.05, 4.69) is 32.3 Å². The van der Waals surface area contributed by atoms with E-state index in [1.54, 1.807) is 23.5 Å². The van der Waals surface area contributed by atoms with Crippen molar-refractivity contribution in [2.24, 2.45) is 0 Å². The van der Waals surface area contributed by atoms with Gasteiger partial charge in [0.1, 0.15) is 5.01 Å². The fraction of sp³-hybridized carbons (Fsp3) is 0. The van der Waals surface area contributed by atoms with Gasteiger partial charge in [-0.2, -0.15) is 0 Å². The molecule has 0 radical (unpaired) electrons. The van der Waals surface area contributed by atoms with Gasteiger partial charge in [-0.3, -0.25) is 4.79 Å². The number of para-hydroxylation sites is 1. The van der Waals surface area contributed by atoms with Crippen LogP contribution < -0.4 is 5.32 Å². The molecule has 0 saturated heterocycles. The normalized spacial score (nSPS) is 10.9. The minimum absolute atomic E-state index is 0.257. The molecule has 0 atom stereocenters. The van der Waals surface area contributed by atoms with Gasteiger partial charge in [0, 0.05) is 11.3 Å². The lowest BCUT2D eigenvalue weighted by atomic mass is 10.2. The highest BCUT2D eigenvalue weighted by Crippen LogP contribution is 2.31. The summed E-state index contributed by atoms with van der Waals surface area (Å²) >= 11 is 4.82. The molecular formula is C18H11BrN2O2S. The minimum Gasteiger partial charge on any atom is -0.444 e. The summed E-state index contributed by atoms with van der Waals surface area (Å²) in [4.78, 5) is 16.8. The number of hydrogen-bond donors (Lipinski definition) is 1. The Balaban J connectivity index is 1.62. The smallest absolute Gasteiger partial charge is 0.291 e. The van der Waals surface area contributed by atoms with Crippen LogP contribution in [0.3, 0.4) is 0 Å². The molecule has 0 aliphatic rings. The average Bonchev–Trinajstić information content (AvgIpc) is 3.21. The first kappa shape index (κ1) is 15.1. The average molecular weight is 399 g/mol. The number of nitrogens with zero attached hydrogens (tertiary/aromatic N) is 1. The molecule has 2 aromatic heterocycles.